The Morgan fingerprint density at radius 3 is 2.58 bits per heavy atom. The summed E-state index contributed by atoms with van der Waals surface area (Å²) in [6, 6.07) is 11.1. The average Bonchev–Trinajstić information content (AvgIpc) is 3.09. The van der Waals surface area contributed by atoms with Crippen LogP contribution >= 0.6 is 46.6 Å². The molecule has 2 N–H and O–H groups in total. The first-order valence-electron chi connectivity index (χ1n) is 9.08. The van der Waals surface area contributed by atoms with Crippen LogP contribution in [-0.4, -0.2) is 32.3 Å². The van der Waals surface area contributed by atoms with Crippen molar-refractivity contribution in [3.63, 3.8) is 0 Å². The van der Waals surface area contributed by atoms with Crippen LogP contribution in [0.1, 0.15) is 29.1 Å². The second-order valence-corrected chi connectivity index (χ2v) is 8.76. The van der Waals surface area contributed by atoms with Crippen molar-refractivity contribution in [2.45, 2.75) is 18.1 Å². The van der Waals surface area contributed by atoms with Crippen LogP contribution in [0.3, 0.4) is 0 Å². The number of hydrogen-bond donors (Lipinski definition) is 2. The van der Waals surface area contributed by atoms with E-state index in [9.17, 15) is 9.59 Å². The van der Waals surface area contributed by atoms with Crippen LogP contribution in [0.4, 0.5) is 5.69 Å². The van der Waals surface area contributed by atoms with Crippen LogP contribution < -0.4 is 10.6 Å². The quantitative estimate of drug-likeness (QED) is 0.448. The Labute approximate surface area is 198 Å². The highest BCUT2D eigenvalue weighted by Crippen LogP contribution is 2.24. The lowest BCUT2D eigenvalue weighted by Gasteiger charge is -2.14. The van der Waals surface area contributed by atoms with Gasteiger partial charge >= 0.3 is 0 Å². The predicted molar refractivity (Wildman–Crippen MR) is 124 cm³/mol. The van der Waals surface area contributed by atoms with E-state index < -0.39 is 6.04 Å². The largest absolute Gasteiger partial charge is 0.342 e. The van der Waals surface area contributed by atoms with Gasteiger partial charge < -0.3 is 15.2 Å². The van der Waals surface area contributed by atoms with E-state index >= 15 is 0 Å². The highest BCUT2D eigenvalue weighted by Gasteiger charge is 2.19. The average molecular weight is 499 g/mol. The monoisotopic (exact) mass is 497 g/mol. The van der Waals surface area contributed by atoms with Crippen LogP contribution in [0.25, 0.3) is 0 Å². The summed E-state index contributed by atoms with van der Waals surface area (Å²) in [6.07, 6.45) is 0. The van der Waals surface area contributed by atoms with Gasteiger partial charge in [0.05, 0.1) is 21.8 Å². The molecule has 1 aromatic heterocycles. The Bertz CT molecular complexity index is 1120. The summed E-state index contributed by atoms with van der Waals surface area (Å²) < 4.78 is 1.73. The molecular weight excluding hydrogens is 481 g/mol. The van der Waals surface area contributed by atoms with Gasteiger partial charge in [-0.1, -0.05) is 52.6 Å². The Balaban J connectivity index is 1.59. The number of halogens is 3. The van der Waals surface area contributed by atoms with Gasteiger partial charge in [-0.25, -0.2) is 0 Å². The van der Waals surface area contributed by atoms with Crippen LogP contribution in [0, 0.1) is 0 Å². The molecular formula is C20H18Cl3N5O2S. The molecule has 0 bridgehead atoms. The van der Waals surface area contributed by atoms with Crippen molar-refractivity contribution in [1.29, 1.82) is 0 Å². The molecule has 162 valence electrons. The zero-order valence-electron chi connectivity index (χ0n) is 16.5. The molecule has 0 unspecified atom stereocenters. The SMILES string of the molecule is C[C@H](NC(=O)c1ccc(Cl)c(Cl)c1)c1nnc(SCC(=O)Nc2cccc(Cl)c2)n1C. The van der Waals surface area contributed by atoms with Crippen molar-refractivity contribution in [3.8, 4) is 0 Å². The van der Waals surface area contributed by atoms with E-state index in [1.807, 2.05) is 0 Å². The number of carbonyl (C=O) groups excluding carboxylic acids is 2. The summed E-state index contributed by atoms with van der Waals surface area (Å²) >= 11 is 19.0. The van der Waals surface area contributed by atoms with Crippen LogP contribution in [-0.2, 0) is 11.8 Å². The Morgan fingerprint density at radius 2 is 1.87 bits per heavy atom. The number of rotatable bonds is 7. The number of anilines is 1. The molecule has 0 aliphatic carbocycles. The van der Waals surface area contributed by atoms with E-state index in [1.54, 1.807) is 54.9 Å². The summed E-state index contributed by atoms with van der Waals surface area (Å²) in [5, 5.41) is 15.7. The minimum atomic E-state index is -0.422. The van der Waals surface area contributed by atoms with Gasteiger partial charge in [0.15, 0.2) is 11.0 Å². The maximum Gasteiger partial charge on any atom is 0.251 e. The molecule has 3 rings (SSSR count). The third-order valence-electron chi connectivity index (χ3n) is 4.23. The zero-order chi connectivity index (χ0) is 22.5. The summed E-state index contributed by atoms with van der Waals surface area (Å²) in [6.45, 7) is 1.79. The van der Waals surface area contributed by atoms with Gasteiger partial charge in [-0.15, -0.1) is 10.2 Å². The molecule has 2 amide bonds. The topological polar surface area (TPSA) is 88.9 Å². The summed E-state index contributed by atoms with van der Waals surface area (Å²) in [4.78, 5) is 24.7. The first-order chi connectivity index (χ1) is 14.7. The molecule has 0 saturated carbocycles. The molecule has 0 radical (unpaired) electrons. The first-order valence-corrected chi connectivity index (χ1v) is 11.2. The zero-order valence-corrected chi connectivity index (χ0v) is 19.6. The maximum absolute atomic E-state index is 12.5. The lowest BCUT2D eigenvalue weighted by molar-refractivity contribution is -0.113. The number of benzene rings is 2. The fourth-order valence-electron chi connectivity index (χ4n) is 2.70. The highest BCUT2D eigenvalue weighted by atomic mass is 35.5. The van der Waals surface area contributed by atoms with Crippen LogP contribution in [0.5, 0.6) is 0 Å². The molecule has 7 nitrogen and oxygen atoms in total. The summed E-state index contributed by atoms with van der Waals surface area (Å²) in [7, 11) is 1.77. The number of nitrogens with one attached hydrogen (secondary N) is 2. The van der Waals surface area contributed by atoms with Gasteiger partial charge in [-0.3, -0.25) is 9.59 Å². The Hall–Kier alpha value is -2.26. The van der Waals surface area contributed by atoms with Crippen molar-refractivity contribution >= 4 is 64.1 Å². The van der Waals surface area contributed by atoms with Crippen LogP contribution in [0.15, 0.2) is 47.6 Å². The van der Waals surface area contributed by atoms with Crippen molar-refractivity contribution in [2.24, 2.45) is 7.05 Å². The third kappa shape index (κ3) is 6.13. The molecule has 1 atom stereocenters. The third-order valence-corrected chi connectivity index (χ3v) is 6.22. The highest BCUT2D eigenvalue weighted by molar-refractivity contribution is 7.99. The van der Waals surface area contributed by atoms with Gasteiger partial charge in [0.25, 0.3) is 5.91 Å². The van der Waals surface area contributed by atoms with Gasteiger partial charge in [-0.05, 0) is 43.3 Å². The predicted octanol–water partition coefficient (Wildman–Crippen LogP) is 5.00. The minimum absolute atomic E-state index is 0.141. The van der Waals surface area contributed by atoms with E-state index in [1.165, 1.54) is 17.8 Å². The van der Waals surface area contributed by atoms with Gasteiger partial charge in [0, 0.05) is 23.3 Å². The second-order valence-electron chi connectivity index (χ2n) is 6.57. The summed E-state index contributed by atoms with van der Waals surface area (Å²) in [5.74, 6) is 0.177. The first kappa shape index (κ1) is 23.4. The maximum atomic E-state index is 12.5. The molecule has 0 saturated heterocycles. The fourth-order valence-corrected chi connectivity index (χ4v) is 3.91. The number of nitrogens with zero attached hydrogens (tertiary/aromatic N) is 3. The lowest BCUT2D eigenvalue weighted by Crippen LogP contribution is -2.28. The molecule has 31 heavy (non-hydrogen) atoms. The molecule has 0 spiro atoms. The summed E-state index contributed by atoms with van der Waals surface area (Å²) in [5.41, 5.74) is 1.01. The Morgan fingerprint density at radius 1 is 1.10 bits per heavy atom. The smallest absolute Gasteiger partial charge is 0.251 e. The number of aromatic nitrogens is 3. The van der Waals surface area contributed by atoms with Crippen molar-refractivity contribution in [3.05, 3.63) is 68.9 Å². The normalized spacial score (nSPS) is 11.8. The molecule has 1 heterocycles. The number of thioether (sulfide) groups is 1. The van der Waals surface area contributed by atoms with E-state index in [4.69, 9.17) is 34.8 Å². The Kier molecular flexibility index (Phi) is 7.83. The number of hydrogen-bond acceptors (Lipinski definition) is 5. The molecule has 11 heteroatoms. The van der Waals surface area contributed by atoms with Crippen LogP contribution in [0.2, 0.25) is 15.1 Å². The van der Waals surface area contributed by atoms with Crippen molar-refractivity contribution in [1.82, 2.24) is 20.1 Å². The van der Waals surface area contributed by atoms with Gasteiger partial charge in [0.2, 0.25) is 5.91 Å². The van der Waals surface area contributed by atoms with E-state index in [0.29, 0.717) is 37.3 Å². The van der Waals surface area contributed by atoms with E-state index in [2.05, 4.69) is 20.8 Å². The van der Waals surface area contributed by atoms with Gasteiger partial charge in [-0.2, -0.15) is 0 Å². The van der Waals surface area contributed by atoms with Gasteiger partial charge in [0.1, 0.15) is 0 Å². The standard InChI is InChI=1S/C20H18Cl3N5O2S/c1-11(24-19(30)12-6-7-15(22)16(23)8-12)18-26-27-20(28(18)2)31-10-17(29)25-14-5-3-4-13(21)9-14/h3-9,11H,10H2,1-2H3,(H,24,30)(H,25,29)/t11-/m0/s1. The van der Waals surface area contributed by atoms with Crippen molar-refractivity contribution < 1.29 is 9.59 Å². The number of carbonyl (C=O) groups is 2. The second kappa shape index (κ2) is 10.4. The molecule has 3 aromatic rings. The molecule has 0 aliphatic heterocycles. The lowest BCUT2D eigenvalue weighted by atomic mass is 10.2. The van der Waals surface area contributed by atoms with Crippen molar-refractivity contribution in [2.75, 3.05) is 11.1 Å². The molecule has 0 aliphatic rings. The fraction of sp³-hybridized carbons (Fsp3) is 0.200. The molecule has 0 fully saturated rings. The molecule has 2 aromatic carbocycles. The van der Waals surface area contributed by atoms with E-state index in [-0.39, 0.29) is 17.6 Å². The number of amides is 2. The minimum Gasteiger partial charge on any atom is -0.342 e. The van der Waals surface area contributed by atoms with E-state index in [0.717, 1.165) is 0 Å².